The van der Waals surface area contributed by atoms with E-state index in [-0.39, 0.29) is 5.41 Å². The average molecular weight is 293 g/mol. The second kappa shape index (κ2) is 4.24. The van der Waals surface area contributed by atoms with Crippen molar-refractivity contribution in [2.45, 2.75) is 51.4 Å². The van der Waals surface area contributed by atoms with Crippen LogP contribution in [0.2, 0.25) is 0 Å². The number of benzene rings is 1. The molecule has 4 atom stereocenters. The smallest absolute Gasteiger partial charge is 0.139 e. The highest BCUT2D eigenvalue weighted by atomic mass is 16.1. The minimum atomic E-state index is -0.00312. The summed E-state index contributed by atoms with van der Waals surface area (Å²) in [7, 11) is 0. The summed E-state index contributed by atoms with van der Waals surface area (Å²) in [5.74, 6) is 2.60. The maximum atomic E-state index is 12.4. The molecule has 1 aromatic heterocycles. The second-order valence-electron chi connectivity index (χ2n) is 7.91. The van der Waals surface area contributed by atoms with Gasteiger partial charge in [-0.15, -0.1) is 0 Å². The Morgan fingerprint density at radius 2 is 2.05 bits per heavy atom. The molecule has 5 rings (SSSR count). The van der Waals surface area contributed by atoms with Gasteiger partial charge in [0.25, 0.3) is 0 Å². The molecule has 2 heteroatoms. The van der Waals surface area contributed by atoms with E-state index in [4.69, 9.17) is 0 Å². The van der Waals surface area contributed by atoms with Gasteiger partial charge >= 0.3 is 0 Å². The first-order chi connectivity index (χ1) is 10.7. The van der Waals surface area contributed by atoms with Crippen molar-refractivity contribution in [1.29, 1.82) is 0 Å². The van der Waals surface area contributed by atoms with E-state index in [1.165, 1.54) is 30.2 Å². The summed E-state index contributed by atoms with van der Waals surface area (Å²) in [5.41, 5.74) is 4.43. The van der Waals surface area contributed by atoms with Crippen LogP contribution in [0.5, 0.6) is 0 Å². The van der Waals surface area contributed by atoms with Crippen molar-refractivity contribution >= 4 is 16.7 Å². The lowest BCUT2D eigenvalue weighted by Gasteiger charge is -2.48. The lowest BCUT2D eigenvalue weighted by atomic mass is 9.55. The summed E-state index contributed by atoms with van der Waals surface area (Å²) in [5, 5.41) is 1.42. The van der Waals surface area contributed by atoms with Gasteiger partial charge in [0.05, 0.1) is 0 Å². The number of H-pyrrole nitrogens is 1. The third-order valence-corrected chi connectivity index (χ3v) is 7.16. The molecule has 0 radical (unpaired) electrons. The zero-order valence-electron chi connectivity index (χ0n) is 13.2. The predicted octanol–water partition coefficient (Wildman–Crippen LogP) is 4.59. The number of ketones is 1. The van der Waals surface area contributed by atoms with Gasteiger partial charge in [-0.25, -0.2) is 0 Å². The van der Waals surface area contributed by atoms with E-state index in [2.05, 4.69) is 36.3 Å². The Bertz CT molecular complexity index is 773. The van der Waals surface area contributed by atoms with Crippen LogP contribution in [0.1, 0.15) is 56.1 Å². The van der Waals surface area contributed by atoms with Crippen molar-refractivity contribution < 1.29 is 4.79 Å². The zero-order valence-corrected chi connectivity index (χ0v) is 13.2. The molecule has 22 heavy (non-hydrogen) atoms. The van der Waals surface area contributed by atoms with E-state index in [9.17, 15) is 4.79 Å². The van der Waals surface area contributed by atoms with E-state index < -0.39 is 0 Å². The molecule has 0 aliphatic heterocycles. The summed E-state index contributed by atoms with van der Waals surface area (Å²) >= 11 is 0. The van der Waals surface area contributed by atoms with Crippen molar-refractivity contribution in [1.82, 2.24) is 4.98 Å². The quantitative estimate of drug-likeness (QED) is 0.757. The number of Topliss-reactive ketones (excluding diaryl/α,β-unsaturated/α-hetero) is 1. The second-order valence-corrected chi connectivity index (χ2v) is 7.91. The largest absolute Gasteiger partial charge is 0.361 e. The van der Waals surface area contributed by atoms with E-state index in [0.29, 0.717) is 17.6 Å². The molecule has 3 unspecified atom stereocenters. The molecule has 2 aromatic rings. The van der Waals surface area contributed by atoms with E-state index >= 15 is 0 Å². The number of aromatic amines is 1. The molecule has 0 bridgehead atoms. The Morgan fingerprint density at radius 1 is 1.14 bits per heavy atom. The van der Waals surface area contributed by atoms with Crippen LogP contribution < -0.4 is 0 Å². The average Bonchev–Trinajstić information content (AvgIpc) is 3.12. The number of aromatic nitrogens is 1. The topological polar surface area (TPSA) is 32.9 Å². The predicted molar refractivity (Wildman–Crippen MR) is 87.9 cm³/mol. The van der Waals surface area contributed by atoms with Gasteiger partial charge in [-0.3, -0.25) is 4.79 Å². The Kier molecular flexibility index (Phi) is 2.49. The summed E-state index contributed by atoms with van der Waals surface area (Å²) in [6, 6.07) is 6.86. The highest BCUT2D eigenvalue weighted by molar-refractivity contribution is 5.87. The lowest BCUT2D eigenvalue weighted by Crippen LogP contribution is -2.42. The van der Waals surface area contributed by atoms with Crippen LogP contribution in [0.25, 0.3) is 10.9 Å². The first kappa shape index (κ1) is 12.9. The minimum absolute atomic E-state index is 0.00312. The number of rotatable bonds is 0. The number of carbonyl (C=O) groups excluding carboxylic acids is 1. The van der Waals surface area contributed by atoms with E-state index in [1.54, 1.807) is 11.1 Å². The van der Waals surface area contributed by atoms with Crippen LogP contribution in [0.4, 0.5) is 0 Å². The van der Waals surface area contributed by atoms with Gasteiger partial charge in [0, 0.05) is 28.9 Å². The number of hydrogen-bond acceptors (Lipinski definition) is 1. The molecule has 2 fully saturated rings. The molecule has 3 aliphatic carbocycles. The normalized spacial score (nSPS) is 37.0. The molecule has 2 nitrogen and oxygen atoms in total. The summed E-state index contributed by atoms with van der Waals surface area (Å²) in [6.07, 6.45) is 8.79. The maximum Gasteiger partial charge on any atom is 0.139 e. The third-order valence-electron chi connectivity index (χ3n) is 7.16. The van der Waals surface area contributed by atoms with Crippen LogP contribution >= 0.6 is 0 Å². The van der Waals surface area contributed by atoms with Crippen LogP contribution in [-0.2, 0) is 11.2 Å². The number of nitrogens with one attached hydrogen (secondary N) is 1. The standard InChI is InChI=1S/C20H23NO/c1-20-10-8-14-12-4-6-18-16(9-11-21-18)13(12)2-3-15(14)17(20)5-7-19(20)22/h4,6,9,11,14-15,17,21H,2-3,5,7-8,10H2,1H3/t14?,15?,17?,20-/m0/s1. The van der Waals surface area contributed by atoms with Gasteiger partial charge in [-0.2, -0.15) is 0 Å². The zero-order chi connectivity index (χ0) is 14.9. The van der Waals surface area contributed by atoms with Crippen molar-refractivity contribution in [3.05, 3.63) is 35.5 Å². The van der Waals surface area contributed by atoms with Crippen LogP contribution in [0.3, 0.4) is 0 Å². The monoisotopic (exact) mass is 293 g/mol. The Morgan fingerprint density at radius 3 is 2.95 bits per heavy atom. The molecule has 0 saturated heterocycles. The molecule has 3 aliphatic rings. The molecule has 0 spiro atoms. The fraction of sp³-hybridized carbons (Fsp3) is 0.550. The Labute approximate surface area is 131 Å². The molecule has 1 aromatic carbocycles. The summed E-state index contributed by atoms with van der Waals surface area (Å²) < 4.78 is 0. The van der Waals surface area contributed by atoms with Gasteiger partial charge in [-0.1, -0.05) is 13.0 Å². The van der Waals surface area contributed by atoms with E-state index in [0.717, 1.165) is 25.2 Å². The summed E-state index contributed by atoms with van der Waals surface area (Å²) in [4.78, 5) is 15.7. The van der Waals surface area contributed by atoms with Gasteiger partial charge in [-0.05, 0) is 73.1 Å². The van der Waals surface area contributed by atoms with E-state index in [1.807, 2.05) is 0 Å². The van der Waals surface area contributed by atoms with Crippen LogP contribution in [-0.4, -0.2) is 10.8 Å². The highest BCUT2D eigenvalue weighted by Crippen LogP contribution is 2.59. The van der Waals surface area contributed by atoms with Gasteiger partial charge in [0.1, 0.15) is 5.78 Å². The molecule has 114 valence electrons. The third kappa shape index (κ3) is 1.48. The SMILES string of the molecule is C[C@]12CCC3c4ccc5[nH]ccc5c4CCC3C1CCC2=O. The molecule has 1 heterocycles. The Hall–Kier alpha value is -1.57. The number of carbonyl (C=O) groups is 1. The van der Waals surface area contributed by atoms with Crippen molar-refractivity contribution in [3.8, 4) is 0 Å². The number of hydrogen-bond donors (Lipinski definition) is 1. The minimum Gasteiger partial charge on any atom is -0.361 e. The number of fused-ring (bicyclic) bond motifs is 7. The first-order valence-electron chi connectivity index (χ1n) is 8.80. The van der Waals surface area contributed by atoms with Crippen molar-refractivity contribution in [2.24, 2.45) is 17.3 Å². The van der Waals surface area contributed by atoms with Crippen molar-refractivity contribution in [2.75, 3.05) is 0 Å². The molecule has 2 saturated carbocycles. The molecule has 0 amide bonds. The Balaban J connectivity index is 1.61. The van der Waals surface area contributed by atoms with Crippen LogP contribution in [0, 0.1) is 17.3 Å². The van der Waals surface area contributed by atoms with Gasteiger partial charge in [0.2, 0.25) is 0 Å². The lowest BCUT2D eigenvalue weighted by molar-refractivity contribution is -0.129. The summed E-state index contributed by atoms with van der Waals surface area (Å²) in [6.45, 7) is 2.26. The molecular weight excluding hydrogens is 270 g/mol. The fourth-order valence-corrected chi connectivity index (χ4v) is 6.00. The molecular formula is C20H23NO. The molecule has 1 N–H and O–H groups in total. The van der Waals surface area contributed by atoms with Crippen molar-refractivity contribution in [3.63, 3.8) is 0 Å². The fourth-order valence-electron chi connectivity index (χ4n) is 6.00. The highest BCUT2D eigenvalue weighted by Gasteiger charge is 2.54. The maximum absolute atomic E-state index is 12.4. The van der Waals surface area contributed by atoms with Crippen LogP contribution in [0.15, 0.2) is 24.4 Å². The van der Waals surface area contributed by atoms with Gasteiger partial charge < -0.3 is 4.98 Å². The first-order valence-corrected chi connectivity index (χ1v) is 8.80. The van der Waals surface area contributed by atoms with Gasteiger partial charge in [0.15, 0.2) is 0 Å². The number of aryl methyl sites for hydroxylation is 1.